The SMILES string of the molecule is BC(=C)C(=N/C)/N=C(\C=C)C(=C)C. The molecule has 0 heterocycles. The Labute approximate surface area is 80.9 Å². The van der Waals surface area contributed by atoms with Crippen molar-refractivity contribution >= 4 is 19.4 Å². The average Bonchev–Trinajstić information content (AvgIpc) is 2.05. The Hall–Kier alpha value is -1.38. The van der Waals surface area contributed by atoms with E-state index in [-0.39, 0.29) is 0 Å². The van der Waals surface area contributed by atoms with Gasteiger partial charge in [0.25, 0.3) is 0 Å². The van der Waals surface area contributed by atoms with Crippen molar-refractivity contribution in [3.05, 3.63) is 36.9 Å². The van der Waals surface area contributed by atoms with Crippen molar-refractivity contribution in [2.45, 2.75) is 6.92 Å². The van der Waals surface area contributed by atoms with E-state index in [1.165, 1.54) is 0 Å². The summed E-state index contributed by atoms with van der Waals surface area (Å²) in [7, 11) is 3.55. The molecule has 2 nitrogen and oxygen atoms in total. The van der Waals surface area contributed by atoms with Crippen LogP contribution in [0.2, 0.25) is 0 Å². The van der Waals surface area contributed by atoms with Crippen LogP contribution < -0.4 is 0 Å². The number of hydrogen-bond acceptors (Lipinski definition) is 1. The molecule has 13 heavy (non-hydrogen) atoms. The lowest BCUT2D eigenvalue weighted by Gasteiger charge is -2.02. The fourth-order valence-corrected chi connectivity index (χ4v) is 0.766. The van der Waals surface area contributed by atoms with Gasteiger partial charge in [-0.3, -0.25) is 4.99 Å². The molecule has 0 radical (unpaired) electrons. The summed E-state index contributed by atoms with van der Waals surface area (Å²) in [5, 5.41) is 0. The zero-order valence-corrected chi connectivity index (χ0v) is 8.59. The Morgan fingerprint density at radius 2 is 1.92 bits per heavy atom. The summed E-state index contributed by atoms with van der Waals surface area (Å²) >= 11 is 0. The van der Waals surface area contributed by atoms with Gasteiger partial charge in [0, 0.05) is 7.05 Å². The molecule has 0 saturated heterocycles. The van der Waals surface area contributed by atoms with Crippen molar-refractivity contribution in [2.24, 2.45) is 9.98 Å². The van der Waals surface area contributed by atoms with E-state index in [1.54, 1.807) is 13.1 Å². The van der Waals surface area contributed by atoms with Crippen LogP contribution in [0.5, 0.6) is 0 Å². The van der Waals surface area contributed by atoms with E-state index in [0.717, 1.165) is 16.8 Å². The zero-order chi connectivity index (χ0) is 10.4. The van der Waals surface area contributed by atoms with Crippen LogP contribution in [0.3, 0.4) is 0 Å². The van der Waals surface area contributed by atoms with Crippen LogP contribution in [0.15, 0.2) is 46.8 Å². The van der Waals surface area contributed by atoms with E-state index in [9.17, 15) is 0 Å². The monoisotopic (exact) mass is 174 g/mol. The summed E-state index contributed by atoms with van der Waals surface area (Å²) in [4.78, 5) is 8.26. The highest BCUT2D eigenvalue weighted by molar-refractivity contribution is 6.38. The lowest BCUT2D eigenvalue weighted by molar-refractivity contribution is 1.40. The van der Waals surface area contributed by atoms with E-state index in [2.05, 4.69) is 29.7 Å². The van der Waals surface area contributed by atoms with Crippen LogP contribution in [0.4, 0.5) is 0 Å². The second kappa shape index (κ2) is 5.30. The molecule has 0 fully saturated rings. The van der Waals surface area contributed by atoms with Crippen LogP contribution in [0.25, 0.3) is 0 Å². The number of rotatable bonds is 3. The molecule has 0 amide bonds. The number of allylic oxidation sites excluding steroid dienone is 2. The molecule has 0 atom stereocenters. The predicted molar refractivity (Wildman–Crippen MR) is 63.5 cm³/mol. The first-order chi connectivity index (χ1) is 6.02. The van der Waals surface area contributed by atoms with Gasteiger partial charge in [0.2, 0.25) is 0 Å². The average molecular weight is 174 g/mol. The van der Waals surface area contributed by atoms with Crippen molar-refractivity contribution in [3.8, 4) is 0 Å². The van der Waals surface area contributed by atoms with Gasteiger partial charge in [-0.05, 0) is 18.6 Å². The summed E-state index contributed by atoms with van der Waals surface area (Å²) in [6.07, 6.45) is 1.66. The lowest BCUT2D eigenvalue weighted by atomic mass is 9.97. The highest BCUT2D eigenvalue weighted by Crippen LogP contribution is 1.99. The van der Waals surface area contributed by atoms with E-state index in [4.69, 9.17) is 0 Å². The van der Waals surface area contributed by atoms with E-state index >= 15 is 0 Å². The van der Waals surface area contributed by atoms with Gasteiger partial charge in [-0.15, -0.1) is 6.58 Å². The molecule has 0 bridgehead atoms. The Balaban J connectivity index is 4.98. The second-order valence-corrected chi connectivity index (χ2v) is 2.81. The first-order valence-corrected chi connectivity index (χ1v) is 4.02. The van der Waals surface area contributed by atoms with Crippen LogP contribution >= 0.6 is 0 Å². The number of nitrogens with zero attached hydrogens (tertiary/aromatic N) is 2. The Morgan fingerprint density at radius 1 is 1.38 bits per heavy atom. The molecular weight excluding hydrogens is 159 g/mol. The predicted octanol–water partition coefficient (Wildman–Crippen LogP) is 1.36. The van der Waals surface area contributed by atoms with Crippen molar-refractivity contribution in [2.75, 3.05) is 7.05 Å². The van der Waals surface area contributed by atoms with Crippen LogP contribution in [0.1, 0.15) is 6.92 Å². The van der Waals surface area contributed by atoms with Gasteiger partial charge < -0.3 is 0 Å². The minimum Gasteiger partial charge on any atom is -0.271 e. The summed E-state index contributed by atoms with van der Waals surface area (Å²) in [5.41, 5.74) is 2.46. The molecule has 0 aliphatic rings. The van der Waals surface area contributed by atoms with Gasteiger partial charge >= 0.3 is 0 Å². The molecule has 0 unspecified atom stereocenters. The first kappa shape index (κ1) is 11.6. The van der Waals surface area contributed by atoms with Gasteiger partial charge in [0.05, 0.1) is 5.71 Å². The topological polar surface area (TPSA) is 24.7 Å². The fraction of sp³-hybridized carbons (Fsp3) is 0.200. The Kier molecular flexibility index (Phi) is 4.74. The molecule has 0 N–H and O–H groups in total. The minimum absolute atomic E-state index is 0.637. The molecule has 0 spiro atoms. The summed E-state index contributed by atoms with van der Waals surface area (Å²) in [5.74, 6) is 0.637. The molecule has 0 aliphatic heterocycles. The van der Waals surface area contributed by atoms with Crippen LogP contribution in [0, 0.1) is 0 Å². The van der Waals surface area contributed by atoms with Gasteiger partial charge in [0.15, 0.2) is 0 Å². The van der Waals surface area contributed by atoms with Crippen LogP contribution in [-0.4, -0.2) is 26.4 Å². The number of amidine groups is 1. The first-order valence-electron chi connectivity index (χ1n) is 4.02. The maximum atomic E-state index is 4.26. The van der Waals surface area contributed by atoms with E-state index < -0.39 is 0 Å². The third-order valence-electron chi connectivity index (χ3n) is 1.45. The summed E-state index contributed by atoms with van der Waals surface area (Å²) in [6.45, 7) is 13.1. The standard InChI is InChI=1S/C10H15BN2/c1-6-9(7(2)3)13-10(12-5)8(4)11/h6H,1-2,4,11H2,3,5H3/b12-10-,13-9+. The number of hydrogen-bond donors (Lipinski definition) is 0. The normalized spacial score (nSPS) is 12.5. The van der Waals surface area contributed by atoms with Crippen molar-refractivity contribution in [1.82, 2.24) is 0 Å². The Bertz CT molecular complexity index is 298. The maximum absolute atomic E-state index is 4.26. The molecule has 0 saturated carbocycles. The molecule has 68 valence electrons. The van der Waals surface area contributed by atoms with Crippen molar-refractivity contribution in [3.63, 3.8) is 0 Å². The smallest absolute Gasteiger partial charge is 0.143 e. The van der Waals surface area contributed by atoms with Gasteiger partial charge in [-0.1, -0.05) is 18.6 Å². The van der Waals surface area contributed by atoms with E-state index in [1.807, 2.05) is 14.8 Å². The molecular formula is C10H15BN2. The highest BCUT2D eigenvalue weighted by atomic mass is 14.9. The maximum Gasteiger partial charge on any atom is 0.143 e. The molecule has 0 aromatic heterocycles. The largest absolute Gasteiger partial charge is 0.271 e. The Morgan fingerprint density at radius 3 is 2.15 bits per heavy atom. The summed E-state index contributed by atoms with van der Waals surface area (Å²) < 4.78 is 0. The van der Waals surface area contributed by atoms with Gasteiger partial charge in [-0.2, -0.15) is 0 Å². The highest BCUT2D eigenvalue weighted by Gasteiger charge is 1.99. The van der Waals surface area contributed by atoms with Gasteiger partial charge in [-0.25, -0.2) is 4.99 Å². The molecule has 0 aromatic rings. The minimum atomic E-state index is 0.637. The second-order valence-electron chi connectivity index (χ2n) is 2.81. The quantitative estimate of drug-likeness (QED) is 0.350. The molecule has 0 aliphatic carbocycles. The van der Waals surface area contributed by atoms with Crippen LogP contribution in [-0.2, 0) is 0 Å². The molecule has 3 heteroatoms. The molecule has 0 aromatic carbocycles. The third-order valence-corrected chi connectivity index (χ3v) is 1.45. The van der Waals surface area contributed by atoms with Crippen molar-refractivity contribution < 1.29 is 0 Å². The third kappa shape index (κ3) is 3.70. The lowest BCUT2D eigenvalue weighted by Crippen LogP contribution is -2.04. The van der Waals surface area contributed by atoms with Crippen molar-refractivity contribution in [1.29, 1.82) is 0 Å². The fourth-order valence-electron chi connectivity index (χ4n) is 0.766. The molecule has 0 rings (SSSR count). The zero-order valence-electron chi connectivity index (χ0n) is 8.59. The number of aliphatic imine (C=N–C) groups is 2. The summed E-state index contributed by atoms with van der Waals surface area (Å²) in [6, 6.07) is 0. The van der Waals surface area contributed by atoms with E-state index in [0.29, 0.717) is 5.84 Å². The van der Waals surface area contributed by atoms with Gasteiger partial charge in [0.1, 0.15) is 13.7 Å².